The van der Waals surface area contributed by atoms with E-state index in [0.717, 1.165) is 37.9 Å². The lowest BCUT2D eigenvalue weighted by molar-refractivity contribution is -0.140. The van der Waals surface area contributed by atoms with E-state index in [-0.39, 0.29) is 23.2 Å². The molecule has 1 aromatic carbocycles. The van der Waals surface area contributed by atoms with Crippen LogP contribution in [0.25, 0.3) is 0 Å². The number of ether oxygens (including phenoxy) is 2. The minimum absolute atomic E-state index is 0.00874. The number of unbranched alkanes of at least 4 members (excludes halogenated alkanes) is 3. The maximum atomic E-state index is 11.1. The third-order valence-corrected chi connectivity index (χ3v) is 5.56. The fourth-order valence-corrected chi connectivity index (χ4v) is 4.07. The lowest BCUT2D eigenvalue weighted by Crippen LogP contribution is -2.27. The van der Waals surface area contributed by atoms with Crippen molar-refractivity contribution in [1.82, 2.24) is 0 Å². The first kappa shape index (κ1) is 20.1. The molecule has 4 atom stereocenters. The van der Waals surface area contributed by atoms with Gasteiger partial charge < -0.3 is 14.6 Å². The van der Waals surface area contributed by atoms with Crippen molar-refractivity contribution in [2.45, 2.75) is 56.4 Å². The summed E-state index contributed by atoms with van der Waals surface area (Å²) in [5.41, 5.74) is 0. The molecule has 5 heteroatoms. The number of benzene rings is 1. The molecule has 1 aliphatic rings. The molecule has 0 heterocycles. The first-order valence-electron chi connectivity index (χ1n) is 9.18. The second kappa shape index (κ2) is 10.7. The highest BCUT2D eigenvalue weighted by Gasteiger charge is 2.41. The van der Waals surface area contributed by atoms with Crippen molar-refractivity contribution in [2.75, 3.05) is 13.7 Å². The average molecular weight is 369 g/mol. The third kappa shape index (κ3) is 6.52. The normalized spacial score (nSPS) is 25.7. The van der Waals surface area contributed by atoms with E-state index in [9.17, 15) is 9.90 Å². The largest absolute Gasteiger partial charge is 0.493 e. The van der Waals surface area contributed by atoms with Gasteiger partial charge in [-0.05, 0) is 37.3 Å². The Bertz CT molecular complexity index is 508. The van der Waals surface area contributed by atoms with Gasteiger partial charge in [-0.15, -0.1) is 11.6 Å². The number of rotatable bonds is 10. The van der Waals surface area contributed by atoms with Crippen LogP contribution in [0.15, 0.2) is 30.3 Å². The molecular weight excluding hydrogens is 340 g/mol. The van der Waals surface area contributed by atoms with E-state index < -0.39 is 6.10 Å². The van der Waals surface area contributed by atoms with E-state index in [1.807, 2.05) is 30.3 Å². The second-order valence-electron chi connectivity index (χ2n) is 6.80. The van der Waals surface area contributed by atoms with E-state index in [1.54, 1.807) is 0 Å². The molecule has 2 rings (SSSR count). The molecule has 1 N–H and O–H groups in total. The molecule has 0 aliphatic heterocycles. The summed E-state index contributed by atoms with van der Waals surface area (Å²) >= 11 is 6.47. The van der Waals surface area contributed by atoms with E-state index in [0.29, 0.717) is 19.4 Å². The first-order chi connectivity index (χ1) is 12.1. The quantitative estimate of drug-likeness (QED) is 0.382. The number of methoxy groups -OCH3 is 1. The van der Waals surface area contributed by atoms with Crippen molar-refractivity contribution >= 4 is 17.6 Å². The molecule has 0 saturated heterocycles. The molecule has 0 aromatic heterocycles. The van der Waals surface area contributed by atoms with Gasteiger partial charge in [-0.2, -0.15) is 0 Å². The van der Waals surface area contributed by atoms with Gasteiger partial charge in [0, 0.05) is 17.7 Å². The summed E-state index contributed by atoms with van der Waals surface area (Å²) in [5, 5.41) is 10.3. The SMILES string of the molecule is COC(=O)CCCCCC[C@@H]1[C@@H](COc2ccccc2)[C@H](O)C[C@@H]1Cl. The summed E-state index contributed by atoms with van der Waals surface area (Å²) in [5.74, 6) is 1.05. The zero-order valence-electron chi connectivity index (χ0n) is 14.9. The number of para-hydroxylation sites is 1. The number of aliphatic hydroxyl groups excluding tert-OH is 1. The van der Waals surface area contributed by atoms with Crippen LogP contribution in [0.5, 0.6) is 5.75 Å². The fraction of sp³-hybridized carbons (Fsp3) is 0.650. The Hall–Kier alpha value is -1.26. The van der Waals surface area contributed by atoms with Crippen LogP contribution >= 0.6 is 11.6 Å². The van der Waals surface area contributed by atoms with Crippen LogP contribution in [0, 0.1) is 11.8 Å². The Kier molecular flexibility index (Phi) is 8.56. The van der Waals surface area contributed by atoms with Gasteiger partial charge in [0.15, 0.2) is 0 Å². The van der Waals surface area contributed by atoms with Crippen molar-refractivity contribution in [3.63, 3.8) is 0 Å². The zero-order chi connectivity index (χ0) is 18.1. The molecule has 25 heavy (non-hydrogen) atoms. The zero-order valence-corrected chi connectivity index (χ0v) is 15.7. The number of halogens is 1. The molecule has 1 fully saturated rings. The van der Waals surface area contributed by atoms with Gasteiger partial charge in [0.05, 0.1) is 19.8 Å². The van der Waals surface area contributed by atoms with E-state index in [1.165, 1.54) is 7.11 Å². The molecule has 0 unspecified atom stereocenters. The molecule has 4 nitrogen and oxygen atoms in total. The molecule has 1 saturated carbocycles. The average Bonchev–Trinajstić information content (AvgIpc) is 2.89. The third-order valence-electron chi connectivity index (χ3n) is 5.06. The first-order valence-corrected chi connectivity index (χ1v) is 9.62. The molecule has 0 spiro atoms. The van der Waals surface area contributed by atoms with Crippen molar-refractivity contribution in [2.24, 2.45) is 11.8 Å². The number of carbonyl (C=O) groups is 1. The van der Waals surface area contributed by atoms with Crippen molar-refractivity contribution in [3.05, 3.63) is 30.3 Å². The van der Waals surface area contributed by atoms with Gasteiger partial charge in [-0.25, -0.2) is 0 Å². The van der Waals surface area contributed by atoms with Gasteiger partial charge in [0.1, 0.15) is 5.75 Å². The van der Waals surface area contributed by atoms with Crippen molar-refractivity contribution in [1.29, 1.82) is 0 Å². The molecule has 1 aliphatic carbocycles. The number of aliphatic hydroxyl groups is 1. The Balaban J connectivity index is 1.72. The summed E-state index contributed by atoms with van der Waals surface area (Å²) in [6.07, 6.45) is 5.74. The standard InChI is InChI=1S/C20H29ClO4/c1-24-20(23)12-8-3-2-7-11-16-17(19(22)13-18(16)21)14-25-15-9-5-4-6-10-15/h4-6,9-10,16-19,22H,2-3,7-8,11-14H2,1H3/t16-,17-,18+,19-/m1/s1. The molecule has 0 amide bonds. The second-order valence-corrected chi connectivity index (χ2v) is 7.36. The van der Waals surface area contributed by atoms with E-state index in [2.05, 4.69) is 4.74 Å². The summed E-state index contributed by atoms with van der Waals surface area (Å²) in [7, 11) is 1.42. The van der Waals surface area contributed by atoms with Crippen molar-refractivity contribution in [3.8, 4) is 5.75 Å². The number of hydrogen-bond acceptors (Lipinski definition) is 4. The highest BCUT2D eigenvalue weighted by molar-refractivity contribution is 6.21. The van der Waals surface area contributed by atoms with Crippen LogP contribution in [0.1, 0.15) is 44.9 Å². The topological polar surface area (TPSA) is 55.8 Å². The number of alkyl halides is 1. The van der Waals surface area contributed by atoms with E-state index >= 15 is 0 Å². The van der Waals surface area contributed by atoms with Gasteiger partial charge in [-0.1, -0.05) is 37.5 Å². The fourth-order valence-electron chi connectivity index (χ4n) is 3.58. The Morgan fingerprint density at radius 1 is 1.16 bits per heavy atom. The minimum Gasteiger partial charge on any atom is -0.493 e. The van der Waals surface area contributed by atoms with E-state index in [4.69, 9.17) is 16.3 Å². The Labute approximate surface area is 155 Å². The highest BCUT2D eigenvalue weighted by atomic mass is 35.5. The van der Waals surface area contributed by atoms with Crippen LogP contribution < -0.4 is 4.74 Å². The van der Waals surface area contributed by atoms with Gasteiger partial charge >= 0.3 is 5.97 Å². The Morgan fingerprint density at radius 2 is 1.88 bits per heavy atom. The molecule has 0 radical (unpaired) electrons. The number of carbonyl (C=O) groups excluding carboxylic acids is 1. The minimum atomic E-state index is -0.393. The predicted molar refractivity (Wildman–Crippen MR) is 98.9 cm³/mol. The molecule has 1 aromatic rings. The van der Waals surface area contributed by atoms with Gasteiger partial charge in [-0.3, -0.25) is 4.79 Å². The lowest BCUT2D eigenvalue weighted by atomic mass is 9.90. The van der Waals surface area contributed by atoms with Crippen LogP contribution in [-0.2, 0) is 9.53 Å². The highest BCUT2D eigenvalue weighted by Crippen LogP contribution is 2.39. The maximum Gasteiger partial charge on any atom is 0.305 e. The maximum absolute atomic E-state index is 11.1. The Morgan fingerprint density at radius 3 is 2.60 bits per heavy atom. The molecule has 140 valence electrons. The van der Waals surface area contributed by atoms with Crippen molar-refractivity contribution < 1.29 is 19.4 Å². The summed E-state index contributed by atoms with van der Waals surface area (Å²) in [6.45, 7) is 0.501. The number of esters is 1. The predicted octanol–water partition coefficient (Wildman–Crippen LogP) is 4.18. The van der Waals surface area contributed by atoms with Crippen LogP contribution in [0.3, 0.4) is 0 Å². The summed E-state index contributed by atoms with van der Waals surface area (Å²) < 4.78 is 10.5. The summed E-state index contributed by atoms with van der Waals surface area (Å²) in [4.78, 5) is 11.1. The molecular formula is C20H29ClO4. The van der Waals surface area contributed by atoms with Crippen LogP contribution in [0.2, 0.25) is 0 Å². The number of hydrogen-bond donors (Lipinski definition) is 1. The van der Waals surface area contributed by atoms with Crippen LogP contribution in [-0.4, -0.2) is 36.3 Å². The molecule has 0 bridgehead atoms. The van der Waals surface area contributed by atoms with Gasteiger partial charge in [0.25, 0.3) is 0 Å². The monoisotopic (exact) mass is 368 g/mol. The summed E-state index contributed by atoms with van der Waals surface area (Å²) in [6, 6.07) is 9.69. The lowest BCUT2D eigenvalue weighted by Gasteiger charge is -2.23. The van der Waals surface area contributed by atoms with Crippen LogP contribution in [0.4, 0.5) is 0 Å². The smallest absolute Gasteiger partial charge is 0.305 e. The van der Waals surface area contributed by atoms with Gasteiger partial charge in [0.2, 0.25) is 0 Å².